The topological polar surface area (TPSA) is 69.7 Å². The lowest BCUT2D eigenvalue weighted by atomic mass is 9.84. The quantitative estimate of drug-likeness (QED) is 0.720. The highest BCUT2D eigenvalue weighted by atomic mass is 16.2. The number of carbonyl (C=O) groups excluding carboxylic acids is 3. The maximum absolute atomic E-state index is 12.0. The van der Waals surface area contributed by atoms with E-state index in [9.17, 15) is 14.4 Å². The van der Waals surface area contributed by atoms with Gasteiger partial charge >= 0.3 is 0 Å². The Hall–Kier alpha value is -1.43. The second-order valence-electron chi connectivity index (χ2n) is 6.00. The number of fused-ring (bicyclic) bond motifs is 3. The third-order valence-corrected chi connectivity index (χ3v) is 4.72. The number of hydrogen-bond acceptors (Lipinski definition) is 4. The molecule has 4 aliphatic rings. The summed E-state index contributed by atoms with van der Waals surface area (Å²) in [6.45, 7) is 3.46. The molecule has 4 saturated heterocycles. The third-order valence-electron chi connectivity index (χ3n) is 4.72. The van der Waals surface area contributed by atoms with E-state index in [0.29, 0.717) is 18.8 Å². The molecule has 6 nitrogen and oxygen atoms in total. The van der Waals surface area contributed by atoms with Gasteiger partial charge in [-0.15, -0.1) is 0 Å². The molecular weight excluding hydrogens is 258 g/mol. The number of carbonyl (C=O) groups is 3. The minimum absolute atomic E-state index is 0.0451. The van der Waals surface area contributed by atoms with Crippen molar-refractivity contribution in [2.24, 2.45) is 5.92 Å². The summed E-state index contributed by atoms with van der Waals surface area (Å²) in [7, 11) is 0. The summed E-state index contributed by atoms with van der Waals surface area (Å²) in [6, 6.07) is 0.245. The Bertz CT molecular complexity index is 413. The molecule has 4 heterocycles. The van der Waals surface area contributed by atoms with E-state index in [0.717, 1.165) is 32.5 Å². The molecule has 2 bridgehead atoms. The highest BCUT2D eigenvalue weighted by Crippen LogP contribution is 2.27. The lowest BCUT2D eigenvalue weighted by molar-refractivity contribution is -0.138. The van der Waals surface area contributed by atoms with E-state index in [-0.39, 0.29) is 36.7 Å². The zero-order chi connectivity index (χ0) is 14.1. The molecule has 20 heavy (non-hydrogen) atoms. The van der Waals surface area contributed by atoms with Gasteiger partial charge in [-0.25, -0.2) is 0 Å². The molecule has 0 saturated carbocycles. The summed E-state index contributed by atoms with van der Waals surface area (Å²) < 4.78 is 0. The number of hydrogen-bond donors (Lipinski definition) is 1. The first-order valence-corrected chi connectivity index (χ1v) is 7.48. The zero-order valence-corrected chi connectivity index (χ0v) is 11.6. The van der Waals surface area contributed by atoms with Crippen molar-refractivity contribution in [3.05, 3.63) is 0 Å². The molecule has 0 aromatic heterocycles. The Morgan fingerprint density at radius 1 is 1.15 bits per heavy atom. The van der Waals surface area contributed by atoms with Crippen LogP contribution in [0.1, 0.15) is 32.1 Å². The molecule has 6 heteroatoms. The fourth-order valence-corrected chi connectivity index (χ4v) is 3.49. The van der Waals surface area contributed by atoms with Crippen LogP contribution in [0.15, 0.2) is 0 Å². The molecule has 0 aliphatic carbocycles. The Morgan fingerprint density at radius 3 is 2.35 bits per heavy atom. The fourth-order valence-electron chi connectivity index (χ4n) is 3.49. The van der Waals surface area contributed by atoms with Crippen LogP contribution in [0.3, 0.4) is 0 Å². The van der Waals surface area contributed by atoms with Crippen molar-refractivity contribution in [1.82, 2.24) is 15.1 Å². The minimum atomic E-state index is -0.148. The standard InChI is InChI=1S/C14H21N3O3/c18-12(5-8-17-13(19)1-2-14(17)20)15-11-9-16-6-3-10(11)4-7-16/h10-11H,1-9H2,(H,15,18). The molecule has 4 fully saturated rings. The lowest BCUT2D eigenvalue weighted by Crippen LogP contribution is -2.57. The van der Waals surface area contributed by atoms with E-state index in [4.69, 9.17) is 0 Å². The van der Waals surface area contributed by atoms with Crippen LogP contribution in [-0.2, 0) is 14.4 Å². The van der Waals surface area contributed by atoms with Crippen molar-refractivity contribution in [3.63, 3.8) is 0 Å². The first-order chi connectivity index (χ1) is 9.63. The Balaban J connectivity index is 1.46. The van der Waals surface area contributed by atoms with Crippen molar-refractivity contribution in [2.75, 3.05) is 26.2 Å². The first kappa shape index (κ1) is 13.5. The van der Waals surface area contributed by atoms with Gasteiger partial charge < -0.3 is 10.2 Å². The van der Waals surface area contributed by atoms with E-state index < -0.39 is 0 Å². The Kier molecular flexibility index (Phi) is 3.74. The molecule has 0 spiro atoms. The van der Waals surface area contributed by atoms with Crippen LogP contribution in [0.5, 0.6) is 0 Å². The summed E-state index contributed by atoms with van der Waals surface area (Å²) in [4.78, 5) is 38.5. The Morgan fingerprint density at radius 2 is 1.80 bits per heavy atom. The lowest BCUT2D eigenvalue weighted by Gasteiger charge is -2.45. The molecular formula is C14H21N3O3. The van der Waals surface area contributed by atoms with Gasteiger partial charge in [0.2, 0.25) is 17.7 Å². The SMILES string of the molecule is O=C(CCN1C(=O)CCC1=O)NC1CN2CCC1CC2. The molecule has 1 atom stereocenters. The van der Waals surface area contributed by atoms with Crippen molar-refractivity contribution >= 4 is 17.7 Å². The Labute approximate surface area is 118 Å². The number of imide groups is 1. The molecule has 4 rings (SSSR count). The highest BCUT2D eigenvalue weighted by Gasteiger charge is 2.35. The van der Waals surface area contributed by atoms with Crippen molar-refractivity contribution in [2.45, 2.75) is 38.1 Å². The van der Waals surface area contributed by atoms with E-state index in [1.54, 1.807) is 0 Å². The van der Waals surface area contributed by atoms with Crippen LogP contribution in [0.2, 0.25) is 0 Å². The molecule has 1 unspecified atom stereocenters. The van der Waals surface area contributed by atoms with Crippen molar-refractivity contribution in [3.8, 4) is 0 Å². The van der Waals surface area contributed by atoms with Crippen LogP contribution < -0.4 is 5.32 Å². The summed E-state index contributed by atoms with van der Waals surface area (Å²) in [5.41, 5.74) is 0. The first-order valence-electron chi connectivity index (χ1n) is 7.48. The molecule has 0 aromatic carbocycles. The van der Waals surface area contributed by atoms with Gasteiger partial charge in [0, 0.05) is 38.4 Å². The van der Waals surface area contributed by atoms with Crippen LogP contribution >= 0.6 is 0 Å². The third kappa shape index (κ3) is 2.70. The maximum atomic E-state index is 12.0. The second-order valence-corrected chi connectivity index (χ2v) is 6.00. The number of nitrogens with one attached hydrogen (secondary N) is 1. The smallest absolute Gasteiger partial charge is 0.229 e. The molecule has 3 amide bonds. The van der Waals surface area contributed by atoms with Crippen LogP contribution in [-0.4, -0.2) is 59.7 Å². The van der Waals surface area contributed by atoms with Gasteiger partial charge in [0.25, 0.3) is 0 Å². The average Bonchev–Trinajstić information content (AvgIpc) is 2.77. The summed E-state index contributed by atoms with van der Waals surface area (Å²) in [6.07, 6.45) is 3.13. The second kappa shape index (κ2) is 5.52. The summed E-state index contributed by atoms with van der Waals surface area (Å²) in [5.74, 6) is 0.256. The van der Waals surface area contributed by atoms with Gasteiger partial charge in [-0.3, -0.25) is 19.3 Å². The van der Waals surface area contributed by atoms with Crippen molar-refractivity contribution in [1.29, 1.82) is 0 Å². The largest absolute Gasteiger partial charge is 0.352 e. The average molecular weight is 279 g/mol. The minimum Gasteiger partial charge on any atom is -0.352 e. The highest BCUT2D eigenvalue weighted by molar-refractivity contribution is 6.02. The van der Waals surface area contributed by atoms with Gasteiger partial charge in [-0.1, -0.05) is 0 Å². The maximum Gasteiger partial charge on any atom is 0.229 e. The number of piperidine rings is 3. The molecule has 4 aliphatic heterocycles. The van der Waals surface area contributed by atoms with Crippen LogP contribution in [0.4, 0.5) is 0 Å². The van der Waals surface area contributed by atoms with E-state index in [1.807, 2.05) is 0 Å². The number of nitrogens with zero attached hydrogens (tertiary/aromatic N) is 2. The van der Waals surface area contributed by atoms with Crippen LogP contribution in [0, 0.1) is 5.92 Å². The van der Waals surface area contributed by atoms with E-state index in [2.05, 4.69) is 10.2 Å². The molecule has 0 radical (unpaired) electrons. The normalized spacial score (nSPS) is 32.8. The van der Waals surface area contributed by atoms with Crippen LogP contribution in [0.25, 0.3) is 0 Å². The van der Waals surface area contributed by atoms with Crippen molar-refractivity contribution < 1.29 is 14.4 Å². The monoisotopic (exact) mass is 279 g/mol. The van der Waals surface area contributed by atoms with Gasteiger partial charge in [-0.2, -0.15) is 0 Å². The number of rotatable bonds is 4. The predicted molar refractivity (Wildman–Crippen MR) is 71.7 cm³/mol. The van der Waals surface area contributed by atoms with E-state index in [1.165, 1.54) is 4.90 Å². The van der Waals surface area contributed by atoms with Gasteiger partial charge in [-0.05, 0) is 31.8 Å². The molecule has 0 aromatic rings. The van der Waals surface area contributed by atoms with Gasteiger partial charge in [0.05, 0.1) is 0 Å². The van der Waals surface area contributed by atoms with Gasteiger partial charge in [0.15, 0.2) is 0 Å². The molecule has 1 N–H and O–H groups in total. The predicted octanol–water partition coefficient (Wildman–Crippen LogP) is -0.264. The van der Waals surface area contributed by atoms with E-state index >= 15 is 0 Å². The summed E-state index contributed by atoms with van der Waals surface area (Å²) in [5, 5.41) is 3.07. The zero-order valence-electron chi connectivity index (χ0n) is 11.6. The molecule has 110 valence electrons. The summed E-state index contributed by atoms with van der Waals surface area (Å²) >= 11 is 0. The number of likely N-dealkylation sites (tertiary alicyclic amines) is 1. The van der Waals surface area contributed by atoms with Gasteiger partial charge in [0.1, 0.15) is 0 Å². The fraction of sp³-hybridized carbons (Fsp3) is 0.786. The number of amides is 3.